The smallest absolute Gasteiger partial charge is 0.137 e. The molecule has 0 radical (unpaired) electrons. The molecule has 0 saturated heterocycles. The monoisotopic (exact) mass is 510 g/mol. The first-order chi connectivity index (χ1) is 11.0. The second-order valence-electron chi connectivity index (χ2n) is 4.19. The zero-order chi connectivity index (χ0) is 17.5. The summed E-state index contributed by atoms with van der Waals surface area (Å²) < 4.78 is 6.89. The van der Waals surface area contributed by atoms with E-state index < -0.39 is 0 Å². The van der Waals surface area contributed by atoms with Gasteiger partial charge in [0.05, 0.1) is 19.0 Å². The van der Waals surface area contributed by atoms with Gasteiger partial charge in [0.2, 0.25) is 0 Å². The largest absolute Gasteiger partial charge is 0.506 e. The number of nitrogens with zero attached hydrogens (tertiary/aromatic N) is 2. The molecule has 2 rings (SSSR count). The van der Waals surface area contributed by atoms with Crippen LogP contribution in [0.2, 0.25) is 0 Å². The molecular formula is C16H21Br3N2O2. The molecule has 0 amide bonds. The normalized spacial score (nSPS) is 9.09. The number of ether oxygens (including phenoxy) is 1. The van der Waals surface area contributed by atoms with E-state index in [1.165, 1.54) is 12.6 Å². The van der Waals surface area contributed by atoms with E-state index in [0.717, 1.165) is 33.3 Å². The fraction of sp³-hybridized carbons (Fsp3) is 0.375. The Hall–Kier alpha value is -0.660. The molecule has 0 aliphatic heterocycles. The fourth-order valence-electron chi connectivity index (χ4n) is 1.04. The highest BCUT2D eigenvalue weighted by molar-refractivity contribution is 9.10. The average molecular weight is 513 g/mol. The lowest BCUT2D eigenvalue weighted by Crippen LogP contribution is -1.94. The molecule has 0 saturated carbocycles. The first-order valence-electron chi connectivity index (χ1n) is 7.14. The molecule has 0 aromatic carbocycles. The Labute approximate surface area is 163 Å². The number of alkyl halides is 1. The van der Waals surface area contributed by atoms with E-state index in [4.69, 9.17) is 9.84 Å². The number of aromatic hydroxyl groups is 1. The Kier molecular flexibility index (Phi) is 14.5. The lowest BCUT2D eigenvalue weighted by molar-refractivity contribution is 0.316. The predicted molar refractivity (Wildman–Crippen MR) is 105 cm³/mol. The Bertz CT molecular complexity index is 485. The number of hydrogen-bond donors (Lipinski definition) is 1. The molecule has 0 aliphatic rings. The van der Waals surface area contributed by atoms with Crippen LogP contribution in [0.4, 0.5) is 0 Å². The maximum atomic E-state index is 8.67. The topological polar surface area (TPSA) is 55.2 Å². The summed E-state index contributed by atoms with van der Waals surface area (Å²) in [6.07, 6.45) is 5.35. The van der Waals surface area contributed by atoms with Gasteiger partial charge in [-0.15, -0.1) is 0 Å². The van der Waals surface area contributed by atoms with E-state index >= 15 is 0 Å². The highest BCUT2D eigenvalue weighted by Gasteiger charge is 1.91. The fourth-order valence-corrected chi connectivity index (χ4v) is 1.50. The van der Waals surface area contributed by atoms with E-state index in [0.29, 0.717) is 0 Å². The molecule has 2 aromatic heterocycles. The predicted octanol–water partition coefficient (Wildman–Crippen LogP) is 5.97. The van der Waals surface area contributed by atoms with E-state index in [1.54, 1.807) is 18.3 Å². The zero-order valence-electron chi connectivity index (χ0n) is 13.2. The van der Waals surface area contributed by atoms with Crippen LogP contribution in [0.3, 0.4) is 0 Å². The Morgan fingerprint density at radius 2 is 1.52 bits per heavy atom. The number of rotatable bonds is 4. The molecule has 0 unspecified atom stereocenters. The van der Waals surface area contributed by atoms with Crippen molar-refractivity contribution in [3.05, 3.63) is 45.9 Å². The van der Waals surface area contributed by atoms with Gasteiger partial charge in [-0.3, -0.25) is 0 Å². The van der Waals surface area contributed by atoms with Gasteiger partial charge in [0.1, 0.15) is 20.7 Å². The lowest BCUT2D eigenvalue weighted by Gasteiger charge is -2.02. The van der Waals surface area contributed by atoms with E-state index in [-0.39, 0.29) is 5.75 Å². The van der Waals surface area contributed by atoms with Crippen LogP contribution in [0.25, 0.3) is 0 Å². The van der Waals surface area contributed by atoms with Gasteiger partial charge in [0, 0.05) is 5.33 Å². The Morgan fingerprint density at radius 1 is 0.957 bits per heavy atom. The van der Waals surface area contributed by atoms with Crippen LogP contribution in [0.15, 0.2) is 45.9 Å². The van der Waals surface area contributed by atoms with Crippen LogP contribution in [-0.4, -0.2) is 27.0 Å². The summed E-state index contributed by atoms with van der Waals surface area (Å²) in [5.74, 6) is 1.02. The van der Waals surface area contributed by atoms with Gasteiger partial charge < -0.3 is 9.84 Å². The van der Waals surface area contributed by atoms with Crippen molar-refractivity contribution in [1.29, 1.82) is 0 Å². The molecule has 2 heterocycles. The van der Waals surface area contributed by atoms with Crippen molar-refractivity contribution in [3.63, 3.8) is 0 Å². The van der Waals surface area contributed by atoms with Crippen molar-refractivity contribution in [1.82, 2.24) is 9.97 Å². The highest BCUT2D eigenvalue weighted by Crippen LogP contribution is 2.12. The van der Waals surface area contributed by atoms with Crippen LogP contribution < -0.4 is 4.74 Å². The molecular weight excluding hydrogens is 492 g/mol. The number of aromatic nitrogens is 2. The van der Waals surface area contributed by atoms with Gasteiger partial charge >= 0.3 is 0 Å². The summed E-state index contributed by atoms with van der Waals surface area (Å²) in [7, 11) is 0. The molecule has 23 heavy (non-hydrogen) atoms. The quantitative estimate of drug-likeness (QED) is 0.405. The number of halogens is 3. The average Bonchev–Trinajstić information content (AvgIpc) is 2.58. The molecule has 4 nitrogen and oxygen atoms in total. The minimum atomic E-state index is 0.188. The molecule has 0 atom stereocenters. The molecule has 0 aliphatic carbocycles. The highest BCUT2D eigenvalue weighted by atomic mass is 79.9. The van der Waals surface area contributed by atoms with Gasteiger partial charge in [-0.1, -0.05) is 29.8 Å². The van der Waals surface area contributed by atoms with Crippen molar-refractivity contribution in [3.8, 4) is 11.5 Å². The van der Waals surface area contributed by atoms with Crippen LogP contribution in [0, 0.1) is 0 Å². The minimum absolute atomic E-state index is 0.188. The van der Waals surface area contributed by atoms with Gasteiger partial charge in [0.25, 0.3) is 0 Å². The maximum absolute atomic E-state index is 8.67. The van der Waals surface area contributed by atoms with Gasteiger partial charge in [0.15, 0.2) is 0 Å². The van der Waals surface area contributed by atoms with Gasteiger partial charge in [-0.05, 0) is 69.0 Å². The first-order valence-corrected chi connectivity index (χ1v) is 9.85. The summed E-state index contributed by atoms with van der Waals surface area (Å²) in [5.41, 5.74) is 0. The molecule has 7 heteroatoms. The van der Waals surface area contributed by atoms with Crippen molar-refractivity contribution >= 4 is 47.8 Å². The van der Waals surface area contributed by atoms with Crippen molar-refractivity contribution in [2.24, 2.45) is 0 Å². The molecule has 128 valence electrons. The van der Waals surface area contributed by atoms with Crippen molar-refractivity contribution < 1.29 is 9.84 Å². The lowest BCUT2D eigenvalue weighted by atomic mass is 10.4. The summed E-state index contributed by atoms with van der Waals surface area (Å²) in [5, 5.41) is 9.81. The first kappa shape index (κ1) is 22.3. The Balaban J connectivity index is 0.000000354. The minimum Gasteiger partial charge on any atom is -0.506 e. The molecule has 0 spiro atoms. The van der Waals surface area contributed by atoms with Crippen LogP contribution in [0.1, 0.15) is 26.7 Å². The summed E-state index contributed by atoms with van der Waals surface area (Å²) in [4.78, 5) is 7.77. The molecule has 0 fully saturated rings. The van der Waals surface area contributed by atoms with Gasteiger partial charge in [-0.2, -0.15) is 0 Å². The summed E-state index contributed by atoms with van der Waals surface area (Å²) in [6, 6.07) is 7.00. The third-order valence-corrected chi connectivity index (χ3v) is 3.81. The van der Waals surface area contributed by atoms with Crippen LogP contribution >= 0.6 is 47.8 Å². The van der Waals surface area contributed by atoms with Crippen LogP contribution in [-0.2, 0) is 0 Å². The number of hydrogen-bond acceptors (Lipinski definition) is 4. The van der Waals surface area contributed by atoms with E-state index in [9.17, 15) is 0 Å². The standard InChI is InChI=1S/C8H10BrNO.C5H4BrNO.C3H7Br/c1-2-5-11-7-3-4-8(9)10-6-7;6-5-2-1-4(8)3-7-5;1-2-3-4/h3-4,6H,2,5H2,1H3;1-3,8H;2-3H2,1H3. The van der Waals surface area contributed by atoms with Crippen LogP contribution in [0.5, 0.6) is 11.5 Å². The van der Waals surface area contributed by atoms with Gasteiger partial charge in [-0.25, -0.2) is 9.97 Å². The third-order valence-electron chi connectivity index (χ3n) is 2.07. The van der Waals surface area contributed by atoms with Crippen molar-refractivity contribution in [2.45, 2.75) is 26.7 Å². The molecule has 0 bridgehead atoms. The molecule has 2 aromatic rings. The SMILES string of the molecule is CCCBr.CCCOc1ccc(Br)nc1.Oc1ccc(Br)nc1. The maximum Gasteiger partial charge on any atom is 0.137 e. The second-order valence-corrected chi connectivity index (χ2v) is 6.61. The summed E-state index contributed by atoms with van der Waals surface area (Å²) >= 11 is 9.62. The third kappa shape index (κ3) is 13.5. The zero-order valence-corrected chi connectivity index (χ0v) is 17.9. The summed E-state index contributed by atoms with van der Waals surface area (Å²) in [6.45, 7) is 4.96. The van der Waals surface area contributed by atoms with E-state index in [1.807, 2.05) is 12.1 Å². The van der Waals surface area contributed by atoms with Crippen molar-refractivity contribution in [2.75, 3.05) is 11.9 Å². The number of pyridine rings is 2. The molecule has 1 N–H and O–H groups in total. The second kappa shape index (κ2) is 14.9. The Morgan fingerprint density at radius 3 is 1.87 bits per heavy atom. The van der Waals surface area contributed by atoms with E-state index in [2.05, 4.69) is 71.6 Å².